The largest absolute Gasteiger partial charge is 0.448 e. The van der Waals surface area contributed by atoms with Gasteiger partial charge in [-0.15, -0.1) is 11.6 Å². The molecule has 0 aromatic carbocycles. The van der Waals surface area contributed by atoms with Crippen molar-refractivity contribution in [2.75, 3.05) is 13.2 Å². The Balaban J connectivity index is 2.13. The van der Waals surface area contributed by atoms with Gasteiger partial charge in [-0.2, -0.15) is 0 Å². The minimum absolute atomic E-state index is 0.434. The zero-order valence-electron chi connectivity index (χ0n) is 7.33. The van der Waals surface area contributed by atoms with Gasteiger partial charge in [0.1, 0.15) is 5.76 Å². The van der Waals surface area contributed by atoms with Crippen LogP contribution in [0.5, 0.6) is 0 Å². The molecule has 0 bridgehead atoms. The van der Waals surface area contributed by atoms with Gasteiger partial charge >= 0.3 is 0 Å². The first kappa shape index (κ1) is 9.03. The molecule has 1 aromatic rings. The predicted molar refractivity (Wildman–Crippen MR) is 48.9 cm³/mol. The van der Waals surface area contributed by atoms with E-state index in [0.29, 0.717) is 11.8 Å². The Morgan fingerprint density at radius 1 is 1.46 bits per heavy atom. The number of aromatic nitrogens is 1. The lowest BCUT2D eigenvalue weighted by Gasteiger charge is -2.20. The highest BCUT2D eigenvalue weighted by molar-refractivity contribution is 6.16. The molecule has 0 atom stereocenters. The molecule has 0 N–H and O–H groups in total. The van der Waals surface area contributed by atoms with E-state index in [2.05, 4.69) is 4.98 Å². The predicted octanol–water partition coefficient (Wildman–Crippen LogP) is 2.31. The van der Waals surface area contributed by atoms with Gasteiger partial charge in [0.15, 0.2) is 6.39 Å². The highest BCUT2D eigenvalue weighted by atomic mass is 35.5. The van der Waals surface area contributed by atoms with E-state index in [1.54, 1.807) is 0 Å². The van der Waals surface area contributed by atoms with Crippen LogP contribution in [0.1, 0.15) is 30.2 Å². The third-order valence-electron chi connectivity index (χ3n) is 2.39. The van der Waals surface area contributed by atoms with Gasteiger partial charge in [-0.1, -0.05) is 0 Å². The Morgan fingerprint density at radius 3 is 2.92 bits per heavy atom. The minimum Gasteiger partial charge on any atom is -0.448 e. The Hall–Kier alpha value is -0.540. The van der Waals surface area contributed by atoms with Crippen molar-refractivity contribution in [2.24, 2.45) is 0 Å². The second-order valence-electron chi connectivity index (χ2n) is 3.18. The Kier molecular flexibility index (Phi) is 2.86. The van der Waals surface area contributed by atoms with Crippen LogP contribution in [0.15, 0.2) is 10.8 Å². The molecule has 0 aliphatic carbocycles. The molecule has 1 saturated heterocycles. The molecule has 0 amide bonds. The van der Waals surface area contributed by atoms with Crippen molar-refractivity contribution in [1.29, 1.82) is 0 Å². The number of halogens is 1. The summed E-state index contributed by atoms with van der Waals surface area (Å²) in [4.78, 5) is 4.07. The van der Waals surface area contributed by atoms with Crippen molar-refractivity contribution in [2.45, 2.75) is 24.6 Å². The molecule has 1 aromatic heterocycles. The average molecular weight is 202 g/mol. The highest BCUT2D eigenvalue weighted by Gasteiger charge is 2.22. The molecule has 0 unspecified atom stereocenters. The smallest absolute Gasteiger partial charge is 0.181 e. The van der Waals surface area contributed by atoms with Crippen molar-refractivity contribution in [3.63, 3.8) is 0 Å². The molecule has 1 aliphatic rings. The number of hydrogen-bond acceptors (Lipinski definition) is 3. The third-order valence-corrected chi connectivity index (χ3v) is 2.64. The second kappa shape index (κ2) is 4.11. The first-order chi connectivity index (χ1) is 6.42. The third kappa shape index (κ3) is 1.86. The van der Waals surface area contributed by atoms with Crippen LogP contribution in [0.3, 0.4) is 0 Å². The molecule has 72 valence electrons. The maximum absolute atomic E-state index is 5.74. The molecule has 1 aliphatic heterocycles. The lowest BCUT2D eigenvalue weighted by Crippen LogP contribution is -2.14. The standard InChI is InChI=1S/C9H12ClNO2/c10-5-8-9(13-6-11-8)7-1-3-12-4-2-7/h6-7H,1-5H2. The van der Waals surface area contributed by atoms with E-state index in [1.165, 1.54) is 6.39 Å². The van der Waals surface area contributed by atoms with Gasteiger partial charge < -0.3 is 9.15 Å². The van der Waals surface area contributed by atoms with Crippen LogP contribution in [0.4, 0.5) is 0 Å². The van der Waals surface area contributed by atoms with Crippen LogP contribution in [0.25, 0.3) is 0 Å². The second-order valence-corrected chi connectivity index (χ2v) is 3.45. The lowest BCUT2D eigenvalue weighted by atomic mass is 9.96. The summed E-state index contributed by atoms with van der Waals surface area (Å²) >= 11 is 5.74. The average Bonchev–Trinajstić information content (AvgIpc) is 2.67. The summed E-state index contributed by atoms with van der Waals surface area (Å²) in [5.74, 6) is 1.84. The molecule has 0 spiro atoms. The monoisotopic (exact) mass is 201 g/mol. The van der Waals surface area contributed by atoms with E-state index in [-0.39, 0.29) is 0 Å². The van der Waals surface area contributed by atoms with Crippen molar-refractivity contribution in [3.05, 3.63) is 17.8 Å². The first-order valence-corrected chi connectivity index (χ1v) is 5.01. The summed E-state index contributed by atoms with van der Waals surface area (Å²) in [5, 5.41) is 0. The Labute approximate surface area is 82.0 Å². The normalized spacial score (nSPS) is 19.2. The molecule has 4 heteroatoms. The summed E-state index contributed by atoms with van der Waals surface area (Å²) < 4.78 is 10.6. The van der Waals surface area contributed by atoms with Crippen LogP contribution >= 0.6 is 11.6 Å². The van der Waals surface area contributed by atoms with E-state index in [1.807, 2.05) is 0 Å². The fraction of sp³-hybridized carbons (Fsp3) is 0.667. The van der Waals surface area contributed by atoms with Gasteiger partial charge in [0.2, 0.25) is 0 Å². The fourth-order valence-corrected chi connectivity index (χ4v) is 1.87. The molecule has 2 heterocycles. The number of nitrogens with zero attached hydrogens (tertiary/aromatic N) is 1. The van der Waals surface area contributed by atoms with Crippen molar-refractivity contribution >= 4 is 11.6 Å². The number of ether oxygens (including phenoxy) is 1. The van der Waals surface area contributed by atoms with E-state index in [9.17, 15) is 0 Å². The summed E-state index contributed by atoms with van der Waals surface area (Å²) in [6, 6.07) is 0. The van der Waals surface area contributed by atoms with Crippen molar-refractivity contribution in [3.8, 4) is 0 Å². The van der Waals surface area contributed by atoms with Gasteiger partial charge in [-0.05, 0) is 12.8 Å². The number of hydrogen-bond donors (Lipinski definition) is 0. The van der Waals surface area contributed by atoms with Gasteiger partial charge in [0.05, 0.1) is 11.6 Å². The zero-order chi connectivity index (χ0) is 9.10. The molecule has 1 fully saturated rings. The van der Waals surface area contributed by atoms with E-state index >= 15 is 0 Å². The first-order valence-electron chi connectivity index (χ1n) is 4.47. The van der Waals surface area contributed by atoms with Crippen LogP contribution in [-0.2, 0) is 10.6 Å². The number of rotatable bonds is 2. The Morgan fingerprint density at radius 2 is 2.23 bits per heavy atom. The van der Waals surface area contributed by atoms with E-state index in [0.717, 1.165) is 37.5 Å². The maximum atomic E-state index is 5.74. The van der Waals surface area contributed by atoms with Gasteiger partial charge in [-0.25, -0.2) is 4.98 Å². The van der Waals surface area contributed by atoms with Crippen molar-refractivity contribution < 1.29 is 9.15 Å². The number of oxazole rings is 1. The van der Waals surface area contributed by atoms with Gasteiger partial charge in [0.25, 0.3) is 0 Å². The molecular formula is C9H12ClNO2. The van der Waals surface area contributed by atoms with Crippen LogP contribution in [0.2, 0.25) is 0 Å². The molecular weight excluding hydrogens is 190 g/mol. The molecule has 13 heavy (non-hydrogen) atoms. The summed E-state index contributed by atoms with van der Waals surface area (Å²) in [5.41, 5.74) is 0.883. The Bertz CT molecular complexity index is 268. The zero-order valence-corrected chi connectivity index (χ0v) is 8.09. The van der Waals surface area contributed by atoms with Gasteiger partial charge in [-0.3, -0.25) is 0 Å². The highest BCUT2D eigenvalue weighted by Crippen LogP contribution is 2.29. The maximum Gasteiger partial charge on any atom is 0.181 e. The molecule has 2 rings (SSSR count). The SMILES string of the molecule is ClCc1ncoc1C1CCOCC1. The molecule has 3 nitrogen and oxygen atoms in total. The fourth-order valence-electron chi connectivity index (χ4n) is 1.67. The quantitative estimate of drug-likeness (QED) is 0.689. The van der Waals surface area contributed by atoms with E-state index < -0.39 is 0 Å². The summed E-state index contributed by atoms with van der Waals surface area (Å²) in [7, 11) is 0. The lowest BCUT2D eigenvalue weighted by molar-refractivity contribution is 0.0805. The van der Waals surface area contributed by atoms with Crippen LogP contribution in [0, 0.1) is 0 Å². The summed E-state index contributed by atoms with van der Waals surface area (Å²) in [6.45, 7) is 1.63. The molecule has 0 radical (unpaired) electrons. The van der Waals surface area contributed by atoms with Crippen LogP contribution < -0.4 is 0 Å². The van der Waals surface area contributed by atoms with E-state index in [4.69, 9.17) is 20.8 Å². The number of alkyl halides is 1. The summed E-state index contributed by atoms with van der Waals surface area (Å²) in [6.07, 6.45) is 3.50. The molecule has 0 saturated carbocycles. The van der Waals surface area contributed by atoms with Crippen LogP contribution in [-0.4, -0.2) is 18.2 Å². The topological polar surface area (TPSA) is 35.3 Å². The van der Waals surface area contributed by atoms with Gasteiger partial charge in [0, 0.05) is 19.1 Å². The van der Waals surface area contributed by atoms with Crippen molar-refractivity contribution in [1.82, 2.24) is 4.98 Å². The minimum atomic E-state index is 0.434.